The quantitative estimate of drug-likeness (QED) is 0.857. The highest BCUT2D eigenvalue weighted by atomic mass is 32.2. The number of sulfonamides is 1. The van der Waals surface area contributed by atoms with E-state index in [1.165, 1.54) is 5.56 Å². The maximum absolute atomic E-state index is 12.5. The zero-order valence-corrected chi connectivity index (χ0v) is 15.4. The second kappa shape index (κ2) is 7.89. The second-order valence-corrected chi connectivity index (χ2v) is 9.58. The Bertz CT molecular complexity index is 685. The van der Waals surface area contributed by atoms with Crippen molar-refractivity contribution in [3.05, 3.63) is 35.4 Å². The van der Waals surface area contributed by atoms with E-state index >= 15 is 0 Å². The van der Waals surface area contributed by atoms with Gasteiger partial charge in [0.1, 0.15) is 0 Å². The third-order valence-corrected chi connectivity index (χ3v) is 7.52. The van der Waals surface area contributed by atoms with E-state index in [4.69, 9.17) is 0 Å². The van der Waals surface area contributed by atoms with Crippen LogP contribution in [0.25, 0.3) is 0 Å². The molecule has 0 saturated carbocycles. The third-order valence-electron chi connectivity index (χ3n) is 4.71. The number of carbonyl (C=O) groups excluding carboxylic acids is 1. The molecule has 2 aliphatic rings. The molecule has 1 unspecified atom stereocenters. The molecule has 0 spiro atoms. The molecule has 1 aliphatic carbocycles. The van der Waals surface area contributed by atoms with Crippen molar-refractivity contribution in [3.8, 4) is 0 Å². The Morgan fingerprint density at radius 1 is 1.25 bits per heavy atom. The van der Waals surface area contributed by atoms with Gasteiger partial charge in [0.25, 0.3) is 0 Å². The number of benzene rings is 1. The van der Waals surface area contributed by atoms with Crippen LogP contribution in [-0.4, -0.2) is 55.5 Å². The van der Waals surface area contributed by atoms with E-state index in [2.05, 4.69) is 11.4 Å². The first-order valence-corrected chi connectivity index (χ1v) is 11.3. The molecule has 1 saturated heterocycles. The summed E-state index contributed by atoms with van der Waals surface area (Å²) in [6, 6.07) is 8.06. The molecule has 1 aromatic carbocycles. The Kier molecular flexibility index (Phi) is 5.84. The molecule has 1 heterocycles. The Morgan fingerprint density at radius 2 is 2.00 bits per heavy atom. The molecular weight excluding hydrogens is 344 g/mol. The molecule has 1 fully saturated rings. The lowest BCUT2D eigenvalue weighted by molar-refractivity contribution is -0.122. The fourth-order valence-corrected chi connectivity index (χ4v) is 5.90. The van der Waals surface area contributed by atoms with Gasteiger partial charge in [0.15, 0.2) is 0 Å². The Balaban J connectivity index is 1.55. The summed E-state index contributed by atoms with van der Waals surface area (Å²) < 4.78 is 26.2. The molecule has 1 aliphatic heterocycles. The van der Waals surface area contributed by atoms with Crippen molar-refractivity contribution in [2.45, 2.75) is 25.2 Å². The van der Waals surface area contributed by atoms with Gasteiger partial charge < -0.3 is 5.32 Å². The Labute approximate surface area is 148 Å². The number of nitrogens with one attached hydrogen (secondary N) is 1. The van der Waals surface area contributed by atoms with E-state index < -0.39 is 10.0 Å². The Hall–Kier alpha value is -1.05. The fourth-order valence-electron chi connectivity index (χ4n) is 3.41. The van der Waals surface area contributed by atoms with Crippen LogP contribution in [0.15, 0.2) is 24.3 Å². The monoisotopic (exact) mass is 368 g/mol. The number of nitrogens with zero attached hydrogens (tertiary/aromatic N) is 1. The van der Waals surface area contributed by atoms with Crippen molar-refractivity contribution in [1.29, 1.82) is 0 Å². The largest absolute Gasteiger partial charge is 0.354 e. The van der Waals surface area contributed by atoms with E-state index in [0.717, 1.165) is 36.3 Å². The standard InChI is InChI=1S/C17H24N2O3S2/c20-17(16-7-3-5-14-4-1-2-6-15(14)16)18-8-13-24(21,22)19-9-11-23-12-10-19/h1-2,4,6,16H,3,5,7-13H2,(H,18,20). The lowest BCUT2D eigenvalue weighted by Gasteiger charge is -2.26. The lowest BCUT2D eigenvalue weighted by atomic mass is 9.82. The fraction of sp³-hybridized carbons (Fsp3) is 0.588. The summed E-state index contributed by atoms with van der Waals surface area (Å²) >= 11 is 1.78. The van der Waals surface area contributed by atoms with Crippen LogP contribution in [0.5, 0.6) is 0 Å². The van der Waals surface area contributed by atoms with E-state index in [9.17, 15) is 13.2 Å². The predicted octanol–water partition coefficient (Wildman–Crippen LogP) is 1.60. The van der Waals surface area contributed by atoms with Crippen molar-refractivity contribution >= 4 is 27.7 Å². The van der Waals surface area contributed by atoms with Crippen molar-refractivity contribution in [1.82, 2.24) is 9.62 Å². The molecule has 0 bridgehead atoms. The van der Waals surface area contributed by atoms with Crippen LogP contribution in [0, 0.1) is 0 Å². The number of hydrogen-bond acceptors (Lipinski definition) is 4. The van der Waals surface area contributed by atoms with Crippen molar-refractivity contribution in [2.24, 2.45) is 0 Å². The summed E-state index contributed by atoms with van der Waals surface area (Å²) in [5.74, 6) is 1.49. The highest BCUT2D eigenvalue weighted by molar-refractivity contribution is 7.99. The smallest absolute Gasteiger partial charge is 0.227 e. The minimum absolute atomic E-state index is 0.0161. The number of carbonyl (C=O) groups is 1. The van der Waals surface area contributed by atoms with Crippen LogP contribution in [0.1, 0.15) is 29.9 Å². The SMILES string of the molecule is O=C(NCCS(=O)(=O)N1CCSCC1)C1CCCc2ccccc21. The molecule has 0 radical (unpaired) electrons. The molecule has 132 valence electrons. The number of aryl methyl sites for hydroxylation is 1. The molecule has 1 amide bonds. The van der Waals surface area contributed by atoms with Crippen molar-refractivity contribution in [2.75, 3.05) is 36.9 Å². The average molecular weight is 369 g/mol. The normalized spacial score (nSPS) is 21.9. The molecule has 1 N–H and O–H groups in total. The summed E-state index contributed by atoms with van der Waals surface area (Å²) in [6.07, 6.45) is 2.85. The van der Waals surface area contributed by atoms with Gasteiger partial charge in [-0.1, -0.05) is 24.3 Å². The highest BCUT2D eigenvalue weighted by Crippen LogP contribution is 2.31. The van der Waals surface area contributed by atoms with Gasteiger partial charge in [0.2, 0.25) is 15.9 Å². The number of rotatable bonds is 5. The first-order valence-electron chi connectivity index (χ1n) is 8.49. The van der Waals surface area contributed by atoms with Crippen LogP contribution >= 0.6 is 11.8 Å². The van der Waals surface area contributed by atoms with Crippen LogP contribution in [0.4, 0.5) is 0 Å². The third kappa shape index (κ3) is 4.13. The zero-order chi connectivity index (χ0) is 17.0. The van der Waals surface area contributed by atoms with Gasteiger partial charge in [-0.05, 0) is 30.4 Å². The number of hydrogen-bond donors (Lipinski definition) is 1. The summed E-state index contributed by atoms with van der Waals surface area (Å²) in [7, 11) is -3.26. The number of fused-ring (bicyclic) bond motifs is 1. The van der Waals surface area contributed by atoms with Crippen molar-refractivity contribution in [3.63, 3.8) is 0 Å². The van der Waals surface area contributed by atoms with E-state index in [1.54, 1.807) is 16.1 Å². The van der Waals surface area contributed by atoms with Gasteiger partial charge in [-0.25, -0.2) is 12.7 Å². The average Bonchev–Trinajstić information content (AvgIpc) is 2.61. The number of amides is 1. The topological polar surface area (TPSA) is 66.5 Å². The zero-order valence-electron chi connectivity index (χ0n) is 13.7. The molecule has 5 nitrogen and oxygen atoms in total. The van der Waals surface area contributed by atoms with E-state index in [1.807, 2.05) is 18.2 Å². The summed E-state index contributed by atoms with van der Waals surface area (Å²) in [5, 5.41) is 2.84. The first kappa shape index (κ1) is 17.8. The van der Waals surface area contributed by atoms with Gasteiger partial charge in [-0.2, -0.15) is 11.8 Å². The van der Waals surface area contributed by atoms with Crippen LogP contribution < -0.4 is 5.32 Å². The molecule has 1 aromatic rings. The van der Waals surface area contributed by atoms with Gasteiger partial charge in [0.05, 0.1) is 11.7 Å². The van der Waals surface area contributed by atoms with Crippen molar-refractivity contribution < 1.29 is 13.2 Å². The Morgan fingerprint density at radius 3 is 2.79 bits per heavy atom. The molecule has 24 heavy (non-hydrogen) atoms. The van der Waals surface area contributed by atoms with Crippen LogP contribution in [0.2, 0.25) is 0 Å². The van der Waals surface area contributed by atoms with Gasteiger partial charge >= 0.3 is 0 Å². The lowest BCUT2D eigenvalue weighted by Crippen LogP contribution is -2.42. The van der Waals surface area contributed by atoms with E-state index in [-0.39, 0.29) is 24.1 Å². The van der Waals surface area contributed by atoms with E-state index in [0.29, 0.717) is 13.1 Å². The molecule has 1 atom stereocenters. The maximum atomic E-state index is 12.5. The summed E-state index contributed by atoms with van der Waals surface area (Å²) in [6.45, 7) is 1.34. The molecular formula is C17H24N2O3S2. The molecule has 0 aromatic heterocycles. The summed E-state index contributed by atoms with van der Waals surface area (Å²) in [5.41, 5.74) is 2.33. The van der Waals surface area contributed by atoms with Crippen LogP contribution in [0.3, 0.4) is 0 Å². The van der Waals surface area contributed by atoms with Crippen LogP contribution in [-0.2, 0) is 21.2 Å². The maximum Gasteiger partial charge on any atom is 0.227 e. The number of thioether (sulfide) groups is 1. The van der Waals surface area contributed by atoms with Gasteiger partial charge in [-0.3, -0.25) is 4.79 Å². The first-order chi connectivity index (χ1) is 11.6. The van der Waals surface area contributed by atoms with Gasteiger partial charge in [-0.15, -0.1) is 0 Å². The molecule has 7 heteroatoms. The minimum atomic E-state index is -3.26. The highest BCUT2D eigenvalue weighted by Gasteiger charge is 2.27. The minimum Gasteiger partial charge on any atom is -0.354 e. The predicted molar refractivity (Wildman–Crippen MR) is 97.8 cm³/mol. The second-order valence-electron chi connectivity index (χ2n) is 6.26. The summed E-state index contributed by atoms with van der Waals surface area (Å²) in [4.78, 5) is 12.5. The molecule has 3 rings (SSSR count). The van der Waals surface area contributed by atoms with Gasteiger partial charge in [0, 0.05) is 31.1 Å².